The molecule has 0 aromatic carbocycles. The maximum absolute atomic E-state index is 8.93. The summed E-state index contributed by atoms with van der Waals surface area (Å²) in [6.07, 6.45) is 0. The molecule has 0 rings (SSSR count). The van der Waals surface area contributed by atoms with E-state index in [1.165, 1.54) is 0 Å². The number of rotatable bonds is 0. The van der Waals surface area contributed by atoms with Crippen molar-refractivity contribution in [1.82, 2.24) is 6.15 Å². The van der Waals surface area contributed by atoms with E-state index >= 15 is 0 Å². The Hall–Kier alpha value is 0.0200. The quantitative estimate of drug-likeness (QED) is 0.260. The minimum atomic E-state index is -2.37. The highest BCUT2D eigenvalue weighted by Crippen LogP contribution is 1.91. The summed E-state index contributed by atoms with van der Waals surface area (Å²) in [6.45, 7) is 0. The van der Waals surface area contributed by atoms with Gasteiger partial charge in [-0.3, -0.25) is 0 Å². The molecule has 80 valence electrons. The molecule has 13 heavy (non-hydrogen) atoms. The molecular formula is H12N4O6P3+3. The van der Waals surface area contributed by atoms with E-state index in [4.69, 9.17) is 28.4 Å². The summed E-state index contributed by atoms with van der Waals surface area (Å²) in [5.74, 6) is 0. The molecule has 0 aliphatic heterocycles. The monoisotopic (exact) mass is 257 g/mol. The topological polar surface area (TPSA) is 225 Å². The smallest absolute Gasteiger partial charge is 0.344 e. The number of hydrogen-bond acceptors (Lipinski definition) is 4. The second-order valence-electron chi connectivity index (χ2n) is 0.908. The van der Waals surface area contributed by atoms with Crippen molar-refractivity contribution in [3.63, 3.8) is 0 Å². The second kappa shape index (κ2) is 17.9. The van der Waals surface area contributed by atoms with Crippen LogP contribution in [0, 0.1) is 0 Å². The highest BCUT2D eigenvalue weighted by atomic mass is 31.1. The zero-order valence-electron chi connectivity index (χ0n) is 6.35. The van der Waals surface area contributed by atoms with Crippen molar-refractivity contribution in [2.24, 2.45) is 16.5 Å². The molecule has 0 saturated carbocycles. The van der Waals surface area contributed by atoms with Crippen LogP contribution < -0.4 is 22.7 Å². The lowest BCUT2D eigenvalue weighted by molar-refractivity contribution is 0.503. The molecule has 0 spiro atoms. The van der Waals surface area contributed by atoms with Gasteiger partial charge in [0, 0.05) is 0 Å². The Bertz CT molecular complexity index is 117. The molecular weight excluding hydrogens is 245 g/mol. The van der Waals surface area contributed by atoms with Gasteiger partial charge in [0.25, 0.3) is 0 Å². The van der Waals surface area contributed by atoms with E-state index in [0.717, 1.165) is 0 Å². The molecule has 3 unspecified atom stereocenters. The average molecular weight is 257 g/mol. The first-order valence-electron chi connectivity index (χ1n) is 1.92. The predicted molar refractivity (Wildman–Crippen MR) is 47.1 cm³/mol. The lowest BCUT2D eigenvalue weighted by Crippen LogP contribution is -1.68. The fraction of sp³-hybridized carbons (Fsp3) is 0. The molecule has 0 bridgehead atoms. The van der Waals surface area contributed by atoms with E-state index in [2.05, 4.69) is 16.5 Å². The molecule has 0 saturated heterocycles. The molecule has 0 amide bonds. The Morgan fingerprint density at radius 1 is 0.692 bits per heavy atom. The van der Waals surface area contributed by atoms with E-state index in [9.17, 15) is 0 Å². The summed E-state index contributed by atoms with van der Waals surface area (Å²) in [5, 5.41) is 0. The third-order valence-corrected chi connectivity index (χ3v) is 0. The molecule has 0 aromatic rings. The molecule has 0 aliphatic carbocycles. The van der Waals surface area contributed by atoms with Gasteiger partial charge in [0.2, 0.25) is 0 Å². The normalized spacial score (nSPS) is 10.2. The molecule has 12 N–H and O–H groups in total. The Labute approximate surface area is 76.5 Å². The first-order valence-corrected chi connectivity index (χ1v) is 5.77. The van der Waals surface area contributed by atoms with Crippen LogP contribution in [0.3, 0.4) is 0 Å². The second-order valence-corrected chi connectivity index (χ2v) is 2.72. The summed E-state index contributed by atoms with van der Waals surface area (Å²) < 4.78 is 26.8. The van der Waals surface area contributed by atoms with Crippen LogP contribution in [0.25, 0.3) is 0 Å². The van der Waals surface area contributed by atoms with E-state index in [-0.39, 0.29) is 6.15 Å². The fourth-order valence-electron chi connectivity index (χ4n) is 0. The SMILES string of the molecule is N.N[P+](=O)O.N[P+](=O)O.N[P+](=O)O. The standard InChI is InChI=1S/3H2NO2P.H3N/c3*1-4(2)3;/h3*(H2-,1,2,3);1H3/p+3. The minimum absolute atomic E-state index is 0. The van der Waals surface area contributed by atoms with E-state index < -0.39 is 24.5 Å². The highest BCUT2D eigenvalue weighted by Gasteiger charge is 1.88. The Morgan fingerprint density at radius 3 is 0.692 bits per heavy atom. The lowest BCUT2D eigenvalue weighted by atomic mass is 13.9. The molecule has 3 atom stereocenters. The van der Waals surface area contributed by atoms with Crippen LogP contribution in [0.1, 0.15) is 0 Å². The van der Waals surface area contributed by atoms with Crippen molar-refractivity contribution in [3.05, 3.63) is 0 Å². The van der Waals surface area contributed by atoms with Crippen LogP contribution in [0.15, 0.2) is 0 Å². The third kappa shape index (κ3) is 3020000. The van der Waals surface area contributed by atoms with Gasteiger partial charge in [-0.1, -0.05) is 16.5 Å². The molecule has 0 aliphatic rings. The Kier molecular flexibility index (Phi) is 31.9. The highest BCUT2D eigenvalue weighted by molar-refractivity contribution is 7.35. The number of nitrogens with two attached hydrogens (primary N) is 3. The van der Waals surface area contributed by atoms with Crippen molar-refractivity contribution in [2.45, 2.75) is 0 Å². The van der Waals surface area contributed by atoms with Gasteiger partial charge in [0.1, 0.15) is 0 Å². The predicted octanol–water partition coefficient (Wildman–Crippen LogP) is -1.05. The molecule has 0 radical (unpaired) electrons. The molecule has 0 heterocycles. The van der Waals surface area contributed by atoms with Gasteiger partial charge in [0.05, 0.1) is 0 Å². The van der Waals surface area contributed by atoms with Crippen molar-refractivity contribution in [1.29, 1.82) is 0 Å². The van der Waals surface area contributed by atoms with Gasteiger partial charge in [-0.05, 0) is 13.7 Å². The zero-order valence-corrected chi connectivity index (χ0v) is 9.03. The first-order chi connectivity index (χ1) is 5.20. The number of hydrogen-bond donors (Lipinski definition) is 7. The van der Waals surface area contributed by atoms with Crippen molar-refractivity contribution >= 4 is 24.5 Å². The van der Waals surface area contributed by atoms with Crippen molar-refractivity contribution in [2.75, 3.05) is 0 Å². The fourth-order valence-corrected chi connectivity index (χ4v) is 0. The summed E-state index contributed by atoms with van der Waals surface area (Å²) in [7, 11) is -7.11. The van der Waals surface area contributed by atoms with E-state index in [1.54, 1.807) is 0 Å². The minimum Gasteiger partial charge on any atom is -0.344 e. The first kappa shape index (κ1) is 23.1. The third-order valence-electron chi connectivity index (χ3n) is 0. The van der Waals surface area contributed by atoms with Crippen molar-refractivity contribution < 1.29 is 28.4 Å². The molecule has 10 nitrogen and oxygen atoms in total. The van der Waals surface area contributed by atoms with Crippen LogP contribution in [0.2, 0.25) is 0 Å². The lowest BCUT2D eigenvalue weighted by Gasteiger charge is -1.36. The van der Waals surface area contributed by atoms with Crippen LogP contribution in [0.4, 0.5) is 0 Å². The maximum Gasteiger partial charge on any atom is 0.607 e. The maximum atomic E-state index is 8.93. The van der Waals surface area contributed by atoms with Gasteiger partial charge >= 0.3 is 24.5 Å². The zero-order chi connectivity index (χ0) is 10.7. The summed E-state index contributed by atoms with van der Waals surface area (Å²) in [6, 6.07) is 0. The van der Waals surface area contributed by atoms with Crippen LogP contribution in [-0.2, 0) is 13.7 Å². The van der Waals surface area contributed by atoms with Gasteiger partial charge in [-0.15, -0.1) is 14.7 Å². The molecule has 0 aromatic heterocycles. The van der Waals surface area contributed by atoms with Crippen LogP contribution in [0.5, 0.6) is 0 Å². The van der Waals surface area contributed by atoms with Crippen LogP contribution >= 0.6 is 24.5 Å². The summed E-state index contributed by atoms with van der Waals surface area (Å²) in [5.41, 5.74) is 12.5. The largest absolute Gasteiger partial charge is 0.607 e. The average Bonchev–Trinajstić information content (AvgIpc) is 1.54. The summed E-state index contributed by atoms with van der Waals surface area (Å²) in [4.78, 5) is 22.0. The summed E-state index contributed by atoms with van der Waals surface area (Å²) >= 11 is 0. The Balaban J connectivity index is -0.0000000450. The molecule has 0 fully saturated rings. The Morgan fingerprint density at radius 2 is 0.692 bits per heavy atom. The van der Waals surface area contributed by atoms with Crippen molar-refractivity contribution in [3.8, 4) is 0 Å². The van der Waals surface area contributed by atoms with E-state index in [1.807, 2.05) is 0 Å². The van der Waals surface area contributed by atoms with Gasteiger partial charge < -0.3 is 6.15 Å². The van der Waals surface area contributed by atoms with Gasteiger partial charge in [0.15, 0.2) is 0 Å². The van der Waals surface area contributed by atoms with Gasteiger partial charge in [-0.25, -0.2) is 0 Å². The molecule has 13 heteroatoms. The van der Waals surface area contributed by atoms with E-state index in [0.29, 0.717) is 0 Å². The van der Waals surface area contributed by atoms with Crippen LogP contribution in [-0.4, -0.2) is 14.7 Å². The van der Waals surface area contributed by atoms with Gasteiger partial charge in [-0.2, -0.15) is 0 Å².